The van der Waals surface area contributed by atoms with E-state index in [4.69, 9.17) is 9.47 Å². The van der Waals surface area contributed by atoms with E-state index >= 15 is 0 Å². The van der Waals surface area contributed by atoms with Crippen LogP contribution in [0.4, 0.5) is 0 Å². The van der Waals surface area contributed by atoms with Crippen molar-refractivity contribution in [3.8, 4) is 0 Å². The molecule has 1 N–H and O–H groups in total. The number of nitrogens with zero attached hydrogens (tertiary/aromatic N) is 1. The highest BCUT2D eigenvalue weighted by atomic mass is 16.6. The standard InChI is InChI=1S/C22H27NO5/c1-26-21(24)13-14-28-20(22(25)27-2)17-23(15-18-9-5-3-6-10-18)16-19-11-7-4-8-12-19/h3-14,20,22,25H,15-17H2,1-2H3/b14-13+/t20-,22?/m0/s1. The first-order chi connectivity index (χ1) is 13.6. The molecule has 0 bridgehead atoms. The Kier molecular flexibility index (Phi) is 9.21. The van der Waals surface area contributed by atoms with Crippen LogP contribution >= 0.6 is 0 Å². The van der Waals surface area contributed by atoms with Gasteiger partial charge in [0.2, 0.25) is 0 Å². The first-order valence-electron chi connectivity index (χ1n) is 9.03. The lowest BCUT2D eigenvalue weighted by Crippen LogP contribution is -2.40. The SMILES string of the molecule is COC(=O)/C=C/O[C@@H](CN(Cc1ccccc1)Cc1ccccc1)C(O)OC. The smallest absolute Gasteiger partial charge is 0.333 e. The molecular formula is C22H27NO5. The molecule has 2 atom stereocenters. The fourth-order valence-electron chi connectivity index (χ4n) is 2.74. The molecule has 2 aromatic carbocycles. The van der Waals surface area contributed by atoms with Gasteiger partial charge in [-0.25, -0.2) is 4.79 Å². The molecule has 6 heteroatoms. The van der Waals surface area contributed by atoms with Crippen LogP contribution in [0.1, 0.15) is 11.1 Å². The lowest BCUT2D eigenvalue weighted by atomic mass is 10.1. The summed E-state index contributed by atoms with van der Waals surface area (Å²) < 4.78 is 15.2. The number of benzene rings is 2. The summed E-state index contributed by atoms with van der Waals surface area (Å²) in [7, 11) is 2.69. The van der Waals surface area contributed by atoms with Crippen LogP contribution in [0.5, 0.6) is 0 Å². The molecule has 0 aliphatic rings. The van der Waals surface area contributed by atoms with Gasteiger partial charge in [0.15, 0.2) is 12.4 Å². The molecule has 2 aromatic rings. The van der Waals surface area contributed by atoms with Gasteiger partial charge in [-0.15, -0.1) is 0 Å². The van der Waals surface area contributed by atoms with Crippen molar-refractivity contribution < 1.29 is 24.1 Å². The van der Waals surface area contributed by atoms with Crippen molar-refractivity contribution >= 4 is 5.97 Å². The Morgan fingerprint density at radius 3 is 2.00 bits per heavy atom. The topological polar surface area (TPSA) is 68.2 Å². The van der Waals surface area contributed by atoms with E-state index in [-0.39, 0.29) is 0 Å². The van der Waals surface area contributed by atoms with Crippen LogP contribution in [0.3, 0.4) is 0 Å². The van der Waals surface area contributed by atoms with E-state index in [9.17, 15) is 9.90 Å². The number of hydrogen-bond donors (Lipinski definition) is 1. The lowest BCUT2D eigenvalue weighted by molar-refractivity contribution is -0.154. The van der Waals surface area contributed by atoms with Gasteiger partial charge in [-0.2, -0.15) is 0 Å². The van der Waals surface area contributed by atoms with Crippen molar-refractivity contribution in [3.05, 3.63) is 84.1 Å². The number of carbonyl (C=O) groups is 1. The Morgan fingerprint density at radius 2 is 1.54 bits per heavy atom. The first kappa shape index (κ1) is 21.6. The largest absolute Gasteiger partial charge is 0.491 e. The summed E-state index contributed by atoms with van der Waals surface area (Å²) in [6, 6.07) is 20.1. The third-order valence-electron chi connectivity index (χ3n) is 4.15. The molecule has 0 aromatic heterocycles. The van der Waals surface area contributed by atoms with Gasteiger partial charge < -0.3 is 19.3 Å². The molecule has 0 radical (unpaired) electrons. The molecule has 150 valence electrons. The number of ether oxygens (including phenoxy) is 3. The second kappa shape index (κ2) is 11.9. The van der Waals surface area contributed by atoms with Gasteiger partial charge in [0.25, 0.3) is 0 Å². The normalized spacial score (nSPS) is 13.4. The fourth-order valence-corrected chi connectivity index (χ4v) is 2.74. The molecule has 0 heterocycles. The van der Waals surface area contributed by atoms with Gasteiger partial charge in [-0.3, -0.25) is 4.90 Å². The molecule has 0 saturated carbocycles. The summed E-state index contributed by atoms with van der Waals surface area (Å²) in [5.74, 6) is -0.531. The Bertz CT molecular complexity index is 679. The van der Waals surface area contributed by atoms with E-state index in [0.29, 0.717) is 19.6 Å². The third kappa shape index (κ3) is 7.52. The van der Waals surface area contributed by atoms with Crippen LogP contribution in [0.25, 0.3) is 0 Å². The quantitative estimate of drug-likeness (QED) is 0.278. The average Bonchev–Trinajstić information content (AvgIpc) is 2.73. The summed E-state index contributed by atoms with van der Waals surface area (Å²) in [6.45, 7) is 1.74. The van der Waals surface area contributed by atoms with E-state index in [2.05, 4.69) is 33.9 Å². The minimum Gasteiger partial charge on any atom is -0.491 e. The maximum Gasteiger partial charge on any atom is 0.333 e. The lowest BCUT2D eigenvalue weighted by Gasteiger charge is -2.29. The molecule has 28 heavy (non-hydrogen) atoms. The molecule has 0 fully saturated rings. The van der Waals surface area contributed by atoms with E-state index < -0.39 is 18.4 Å². The number of methoxy groups -OCH3 is 2. The van der Waals surface area contributed by atoms with Crippen LogP contribution in [0.15, 0.2) is 73.0 Å². The molecule has 6 nitrogen and oxygen atoms in total. The van der Waals surface area contributed by atoms with Crippen molar-refractivity contribution in [2.45, 2.75) is 25.5 Å². The zero-order chi connectivity index (χ0) is 20.2. The summed E-state index contributed by atoms with van der Waals surface area (Å²) in [4.78, 5) is 13.4. The highest BCUT2D eigenvalue weighted by molar-refractivity contribution is 5.81. The molecule has 0 spiro atoms. The number of rotatable bonds is 11. The molecule has 2 rings (SSSR count). The second-order valence-corrected chi connectivity index (χ2v) is 6.27. The monoisotopic (exact) mass is 385 g/mol. The predicted octanol–water partition coefficient (Wildman–Crippen LogP) is 2.73. The van der Waals surface area contributed by atoms with Gasteiger partial charge in [-0.05, 0) is 11.1 Å². The number of carbonyl (C=O) groups excluding carboxylic acids is 1. The second-order valence-electron chi connectivity index (χ2n) is 6.27. The minimum absolute atomic E-state index is 0.393. The van der Waals surface area contributed by atoms with E-state index in [1.807, 2.05) is 36.4 Å². The van der Waals surface area contributed by atoms with Gasteiger partial charge in [0.1, 0.15) is 0 Å². The first-order valence-corrected chi connectivity index (χ1v) is 9.03. The maximum absolute atomic E-state index is 11.2. The zero-order valence-electron chi connectivity index (χ0n) is 16.2. The van der Waals surface area contributed by atoms with Gasteiger partial charge in [-0.1, -0.05) is 60.7 Å². The van der Waals surface area contributed by atoms with Crippen molar-refractivity contribution in [3.63, 3.8) is 0 Å². The van der Waals surface area contributed by atoms with E-state index in [0.717, 1.165) is 17.2 Å². The number of esters is 1. The van der Waals surface area contributed by atoms with Crippen molar-refractivity contribution in [2.24, 2.45) is 0 Å². The minimum atomic E-state index is -1.14. The van der Waals surface area contributed by atoms with Gasteiger partial charge >= 0.3 is 5.97 Å². The van der Waals surface area contributed by atoms with Crippen molar-refractivity contribution in [1.82, 2.24) is 4.90 Å². The zero-order valence-corrected chi connectivity index (χ0v) is 16.2. The number of hydrogen-bond acceptors (Lipinski definition) is 6. The van der Waals surface area contributed by atoms with Crippen molar-refractivity contribution in [1.29, 1.82) is 0 Å². The molecule has 0 aliphatic carbocycles. The Hall–Kier alpha value is -2.67. The molecule has 0 aliphatic heterocycles. The van der Waals surface area contributed by atoms with Crippen molar-refractivity contribution in [2.75, 3.05) is 20.8 Å². The van der Waals surface area contributed by atoms with Gasteiger partial charge in [0, 0.05) is 26.7 Å². The fraction of sp³-hybridized carbons (Fsp3) is 0.318. The molecule has 0 amide bonds. The molecular weight excluding hydrogens is 358 g/mol. The highest BCUT2D eigenvalue weighted by Gasteiger charge is 2.23. The van der Waals surface area contributed by atoms with Crippen LogP contribution in [-0.2, 0) is 32.1 Å². The summed E-state index contributed by atoms with van der Waals surface area (Å²) in [5, 5.41) is 10.2. The third-order valence-corrected chi connectivity index (χ3v) is 4.15. The van der Waals surface area contributed by atoms with Gasteiger partial charge in [0.05, 0.1) is 19.4 Å². The Morgan fingerprint density at radius 1 is 1.00 bits per heavy atom. The number of aliphatic hydroxyl groups excluding tert-OH is 1. The van der Waals surface area contributed by atoms with Crippen LogP contribution in [0.2, 0.25) is 0 Å². The summed E-state index contributed by atoms with van der Waals surface area (Å²) in [6.07, 6.45) is 0.561. The molecule has 1 unspecified atom stereocenters. The van der Waals surface area contributed by atoms with Crippen LogP contribution in [0, 0.1) is 0 Å². The maximum atomic E-state index is 11.2. The Balaban J connectivity index is 2.13. The van der Waals surface area contributed by atoms with E-state index in [1.165, 1.54) is 20.5 Å². The summed E-state index contributed by atoms with van der Waals surface area (Å²) >= 11 is 0. The predicted molar refractivity (Wildman–Crippen MR) is 106 cm³/mol. The average molecular weight is 385 g/mol. The number of aliphatic hydroxyl groups is 1. The van der Waals surface area contributed by atoms with Crippen LogP contribution in [-0.4, -0.2) is 49.1 Å². The highest BCUT2D eigenvalue weighted by Crippen LogP contribution is 2.13. The molecule has 0 saturated heterocycles. The van der Waals surface area contributed by atoms with Crippen LogP contribution < -0.4 is 0 Å². The Labute approximate surface area is 166 Å². The van der Waals surface area contributed by atoms with E-state index in [1.54, 1.807) is 0 Å². The summed E-state index contributed by atoms with van der Waals surface area (Å²) in [5.41, 5.74) is 2.29.